The first-order valence-electron chi connectivity index (χ1n) is 6.07. The molecular weight excluding hydrogens is 320 g/mol. The number of halogens is 1. The number of imidazole rings is 1. The molecule has 0 radical (unpaired) electrons. The number of benzene rings is 1. The van der Waals surface area contributed by atoms with E-state index in [0.29, 0.717) is 30.5 Å². The van der Waals surface area contributed by atoms with Gasteiger partial charge in [0, 0.05) is 18.7 Å². The third-order valence-corrected chi connectivity index (χ3v) is 5.39. The summed E-state index contributed by atoms with van der Waals surface area (Å²) >= 11 is 0. The molecule has 0 saturated carbocycles. The molecule has 2 heterocycles. The Morgan fingerprint density at radius 3 is 2.76 bits per heavy atom. The van der Waals surface area contributed by atoms with Gasteiger partial charge in [-0.25, -0.2) is 13.4 Å². The molecule has 0 aliphatic carbocycles. The third-order valence-electron chi connectivity index (χ3n) is 3.38. The van der Waals surface area contributed by atoms with E-state index in [9.17, 15) is 18.5 Å². The largest absolute Gasteiger partial charge is 0.329 e. The van der Waals surface area contributed by atoms with Crippen molar-refractivity contribution in [3.05, 3.63) is 28.3 Å². The van der Waals surface area contributed by atoms with E-state index in [0.717, 1.165) is 0 Å². The highest BCUT2D eigenvalue weighted by atomic mass is 35.5. The number of fused-ring (bicyclic) bond motifs is 1. The van der Waals surface area contributed by atoms with Crippen LogP contribution in [0, 0.1) is 10.1 Å². The number of aromatic amines is 1. The predicted molar refractivity (Wildman–Crippen MR) is 78.5 cm³/mol. The molecule has 114 valence electrons. The van der Waals surface area contributed by atoms with E-state index in [2.05, 4.69) is 15.3 Å². The van der Waals surface area contributed by atoms with Gasteiger partial charge in [0.25, 0.3) is 5.69 Å². The number of nitrogens with one attached hydrogen (secondary N) is 2. The fourth-order valence-electron chi connectivity index (χ4n) is 2.27. The van der Waals surface area contributed by atoms with Gasteiger partial charge in [0.1, 0.15) is 0 Å². The Kier molecular flexibility index (Phi) is 4.17. The van der Waals surface area contributed by atoms with Crippen LogP contribution in [-0.4, -0.2) is 41.6 Å². The van der Waals surface area contributed by atoms with Crippen LogP contribution < -0.4 is 5.32 Å². The molecule has 1 fully saturated rings. The zero-order valence-electron chi connectivity index (χ0n) is 10.8. The van der Waals surface area contributed by atoms with Crippen molar-refractivity contribution < 1.29 is 13.3 Å². The Morgan fingerprint density at radius 2 is 2.14 bits per heavy atom. The van der Waals surface area contributed by atoms with Crippen LogP contribution in [0.15, 0.2) is 23.4 Å². The molecule has 0 spiro atoms. The van der Waals surface area contributed by atoms with E-state index < -0.39 is 20.0 Å². The molecule has 3 rings (SSSR count). The lowest BCUT2D eigenvalue weighted by Gasteiger charge is -2.06. The lowest BCUT2D eigenvalue weighted by Crippen LogP contribution is -2.24. The SMILES string of the molecule is Cl.O=[N+]([O-])c1ccc2nc(S(=O)(=O)C3CCNC3)[nH]c2c1. The van der Waals surface area contributed by atoms with Crippen molar-refractivity contribution >= 4 is 39.0 Å². The number of hydrogen-bond donors (Lipinski definition) is 2. The van der Waals surface area contributed by atoms with Crippen LogP contribution in [0.1, 0.15) is 6.42 Å². The van der Waals surface area contributed by atoms with Crippen molar-refractivity contribution in [1.29, 1.82) is 0 Å². The Hall–Kier alpha value is -1.71. The number of non-ortho nitro benzene ring substituents is 1. The van der Waals surface area contributed by atoms with Crippen LogP contribution >= 0.6 is 12.4 Å². The number of rotatable bonds is 3. The van der Waals surface area contributed by atoms with E-state index in [1.165, 1.54) is 18.2 Å². The van der Waals surface area contributed by atoms with Gasteiger partial charge in [-0.3, -0.25) is 10.1 Å². The summed E-state index contributed by atoms with van der Waals surface area (Å²) in [6.45, 7) is 1.06. The molecule has 1 aromatic carbocycles. The van der Waals surface area contributed by atoms with Gasteiger partial charge in [0.05, 0.1) is 21.2 Å². The fourth-order valence-corrected chi connectivity index (χ4v) is 3.83. The first kappa shape index (κ1) is 15.7. The quantitative estimate of drug-likeness (QED) is 0.640. The first-order chi connectivity index (χ1) is 9.48. The third kappa shape index (κ3) is 2.71. The second-order valence-electron chi connectivity index (χ2n) is 4.66. The lowest BCUT2D eigenvalue weighted by molar-refractivity contribution is -0.384. The number of aromatic nitrogens is 2. The van der Waals surface area contributed by atoms with Crippen molar-refractivity contribution in [3.63, 3.8) is 0 Å². The molecular formula is C11H13ClN4O4S. The van der Waals surface area contributed by atoms with Crippen LogP contribution in [0.4, 0.5) is 5.69 Å². The molecule has 2 aromatic rings. The van der Waals surface area contributed by atoms with Crippen molar-refractivity contribution in [1.82, 2.24) is 15.3 Å². The molecule has 1 aromatic heterocycles. The van der Waals surface area contributed by atoms with E-state index in [1.807, 2.05) is 0 Å². The zero-order chi connectivity index (χ0) is 14.3. The van der Waals surface area contributed by atoms with Crippen LogP contribution in [0.2, 0.25) is 0 Å². The van der Waals surface area contributed by atoms with E-state index in [-0.39, 0.29) is 23.3 Å². The number of nitro benzene ring substituents is 1. The molecule has 0 bridgehead atoms. The molecule has 1 saturated heterocycles. The smallest absolute Gasteiger partial charge is 0.271 e. The Bertz CT molecular complexity index is 783. The highest BCUT2D eigenvalue weighted by Gasteiger charge is 2.32. The van der Waals surface area contributed by atoms with Crippen LogP contribution in [0.25, 0.3) is 11.0 Å². The van der Waals surface area contributed by atoms with Gasteiger partial charge < -0.3 is 10.3 Å². The number of nitrogens with zero attached hydrogens (tertiary/aromatic N) is 2. The maximum absolute atomic E-state index is 12.4. The van der Waals surface area contributed by atoms with E-state index >= 15 is 0 Å². The molecule has 1 unspecified atom stereocenters. The van der Waals surface area contributed by atoms with E-state index in [4.69, 9.17) is 0 Å². The average Bonchev–Trinajstić information content (AvgIpc) is 3.07. The summed E-state index contributed by atoms with van der Waals surface area (Å²) in [4.78, 5) is 16.9. The molecule has 8 nitrogen and oxygen atoms in total. The fraction of sp³-hybridized carbons (Fsp3) is 0.364. The van der Waals surface area contributed by atoms with Crippen molar-refractivity contribution in [2.75, 3.05) is 13.1 Å². The molecule has 1 aliphatic heterocycles. The minimum absolute atomic E-state index is 0. The summed E-state index contributed by atoms with van der Waals surface area (Å²) in [7, 11) is -3.53. The Morgan fingerprint density at radius 1 is 1.38 bits per heavy atom. The van der Waals surface area contributed by atoms with E-state index in [1.54, 1.807) is 0 Å². The van der Waals surface area contributed by atoms with Crippen molar-refractivity contribution in [2.45, 2.75) is 16.8 Å². The summed E-state index contributed by atoms with van der Waals surface area (Å²) in [6, 6.07) is 4.03. The number of H-pyrrole nitrogens is 1. The number of sulfone groups is 1. The average molecular weight is 333 g/mol. The van der Waals surface area contributed by atoms with Gasteiger partial charge in [0.2, 0.25) is 15.0 Å². The van der Waals surface area contributed by atoms with Gasteiger partial charge >= 0.3 is 0 Å². The van der Waals surface area contributed by atoms with Crippen molar-refractivity contribution in [3.8, 4) is 0 Å². The topological polar surface area (TPSA) is 118 Å². The van der Waals surface area contributed by atoms with Gasteiger partial charge in [0.15, 0.2) is 0 Å². The van der Waals surface area contributed by atoms with Crippen LogP contribution in [0.3, 0.4) is 0 Å². The van der Waals surface area contributed by atoms with Gasteiger partial charge in [-0.15, -0.1) is 12.4 Å². The maximum atomic E-state index is 12.4. The van der Waals surface area contributed by atoms with Gasteiger partial charge in [-0.2, -0.15) is 0 Å². The first-order valence-corrected chi connectivity index (χ1v) is 7.62. The Labute approximate surface area is 126 Å². The van der Waals surface area contributed by atoms with Crippen LogP contribution in [-0.2, 0) is 9.84 Å². The maximum Gasteiger partial charge on any atom is 0.271 e. The summed E-state index contributed by atoms with van der Waals surface area (Å²) in [6.07, 6.45) is 0.541. The van der Waals surface area contributed by atoms with Gasteiger partial charge in [-0.1, -0.05) is 0 Å². The zero-order valence-corrected chi connectivity index (χ0v) is 12.4. The highest BCUT2D eigenvalue weighted by Crippen LogP contribution is 2.23. The predicted octanol–water partition coefficient (Wildman–Crippen LogP) is 1.03. The summed E-state index contributed by atoms with van der Waals surface area (Å²) in [5.74, 6) is 0. The molecule has 21 heavy (non-hydrogen) atoms. The molecule has 0 amide bonds. The summed E-state index contributed by atoms with van der Waals surface area (Å²) in [5, 5.41) is 13.1. The van der Waals surface area contributed by atoms with Crippen LogP contribution in [0.5, 0.6) is 0 Å². The normalized spacial score (nSPS) is 18.6. The minimum Gasteiger partial charge on any atom is -0.329 e. The molecule has 2 N–H and O–H groups in total. The standard InChI is InChI=1S/C11H12N4O4S.ClH/c16-15(17)7-1-2-9-10(5-7)14-11(13-9)20(18,19)8-3-4-12-6-8;/h1-2,5,8,12H,3-4,6H2,(H,13,14);1H. The summed E-state index contributed by atoms with van der Waals surface area (Å²) < 4.78 is 24.7. The number of hydrogen-bond acceptors (Lipinski definition) is 6. The molecule has 1 atom stereocenters. The second-order valence-corrected chi connectivity index (χ2v) is 6.80. The summed E-state index contributed by atoms with van der Waals surface area (Å²) in [5.41, 5.74) is 0.650. The number of nitro groups is 1. The van der Waals surface area contributed by atoms with Crippen molar-refractivity contribution in [2.24, 2.45) is 0 Å². The second kappa shape index (κ2) is 5.58. The monoisotopic (exact) mass is 332 g/mol. The molecule has 10 heteroatoms. The molecule has 1 aliphatic rings. The highest BCUT2D eigenvalue weighted by molar-refractivity contribution is 7.91. The lowest BCUT2D eigenvalue weighted by atomic mass is 10.3. The minimum atomic E-state index is -3.53. The van der Waals surface area contributed by atoms with Gasteiger partial charge in [-0.05, 0) is 19.0 Å². The Balaban J connectivity index is 0.00000161.